The third kappa shape index (κ3) is 3.74. The molecule has 0 spiro atoms. The zero-order valence-electron chi connectivity index (χ0n) is 12.7. The van der Waals surface area contributed by atoms with Gasteiger partial charge in [0.25, 0.3) is 0 Å². The largest absolute Gasteiger partial charge is 0.355 e. The van der Waals surface area contributed by atoms with E-state index in [1.807, 2.05) is 32.7 Å². The first-order chi connectivity index (χ1) is 9.77. The van der Waals surface area contributed by atoms with E-state index >= 15 is 0 Å². The Morgan fingerprint density at radius 3 is 2.43 bits per heavy atom. The predicted molar refractivity (Wildman–Crippen MR) is 79.2 cm³/mol. The fraction of sp³-hybridized carbons (Fsp3) is 0.375. The van der Waals surface area contributed by atoms with E-state index in [0.717, 1.165) is 17.7 Å². The van der Waals surface area contributed by atoms with Gasteiger partial charge in [0.1, 0.15) is 11.6 Å². The number of benzene rings is 1. The molecular formula is C16H19F2N3. The molecule has 1 aromatic heterocycles. The molecule has 0 aliphatic heterocycles. The molecule has 0 N–H and O–H groups in total. The standard InChI is InChI=1S/C16H19F2N3/c1-16(2,3)15-19-8-7-14(20-15)21(4)10-11-5-6-12(17)13(18)9-11/h5-9H,10H2,1-4H3. The highest BCUT2D eigenvalue weighted by Gasteiger charge is 2.18. The molecule has 112 valence electrons. The van der Waals surface area contributed by atoms with Crippen LogP contribution in [0.4, 0.5) is 14.6 Å². The lowest BCUT2D eigenvalue weighted by molar-refractivity contribution is 0.507. The molecule has 0 radical (unpaired) electrons. The van der Waals surface area contributed by atoms with Gasteiger partial charge in [0.05, 0.1) is 0 Å². The van der Waals surface area contributed by atoms with Crippen LogP contribution in [0.2, 0.25) is 0 Å². The molecule has 0 amide bonds. The minimum atomic E-state index is -0.835. The molecule has 3 nitrogen and oxygen atoms in total. The summed E-state index contributed by atoms with van der Waals surface area (Å²) in [5.74, 6) is -0.172. The smallest absolute Gasteiger partial charge is 0.159 e. The molecule has 1 aromatic carbocycles. The van der Waals surface area contributed by atoms with E-state index < -0.39 is 11.6 Å². The van der Waals surface area contributed by atoms with Crippen LogP contribution in [0.15, 0.2) is 30.5 Å². The Morgan fingerprint density at radius 1 is 1.10 bits per heavy atom. The summed E-state index contributed by atoms with van der Waals surface area (Å²) in [6.45, 7) is 6.57. The average molecular weight is 291 g/mol. The van der Waals surface area contributed by atoms with E-state index in [0.29, 0.717) is 12.1 Å². The first kappa shape index (κ1) is 15.4. The number of hydrogen-bond donors (Lipinski definition) is 0. The highest BCUT2D eigenvalue weighted by atomic mass is 19.2. The highest BCUT2D eigenvalue weighted by Crippen LogP contribution is 2.21. The van der Waals surface area contributed by atoms with Gasteiger partial charge in [-0.2, -0.15) is 0 Å². The lowest BCUT2D eigenvalue weighted by Crippen LogP contribution is -2.22. The maximum Gasteiger partial charge on any atom is 0.159 e. The van der Waals surface area contributed by atoms with Gasteiger partial charge >= 0.3 is 0 Å². The maximum atomic E-state index is 13.2. The monoisotopic (exact) mass is 291 g/mol. The number of rotatable bonds is 3. The second kappa shape index (κ2) is 5.76. The summed E-state index contributed by atoms with van der Waals surface area (Å²) < 4.78 is 26.2. The average Bonchev–Trinajstić information content (AvgIpc) is 2.42. The second-order valence-electron chi connectivity index (χ2n) is 6.09. The minimum Gasteiger partial charge on any atom is -0.355 e. The van der Waals surface area contributed by atoms with Gasteiger partial charge in [-0.1, -0.05) is 26.8 Å². The maximum absolute atomic E-state index is 13.2. The van der Waals surface area contributed by atoms with Crippen molar-refractivity contribution in [1.82, 2.24) is 9.97 Å². The third-order valence-electron chi connectivity index (χ3n) is 3.11. The van der Waals surface area contributed by atoms with E-state index in [9.17, 15) is 8.78 Å². The van der Waals surface area contributed by atoms with E-state index in [4.69, 9.17) is 0 Å². The van der Waals surface area contributed by atoms with Crippen molar-refractivity contribution in [3.05, 3.63) is 53.5 Å². The van der Waals surface area contributed by atoms with Crippen molar-refractivity contribution < 1.29 is 8.78 Å². The molecule has 0 aliphatic rings. The Bertz CT molecular complexity index is 636. The van der Waals surface area contributed by atoms with Crippen molar-refractivity contribution in [1.29, 1.82) is 0 Å². The van der Waals surface area contributed by atoms with Gasteiger partial charge in [0.15, 0.2) is 11.6 Å². The topological polar surface area (TPSA) is 29.0 Å². The fourth-order valence-corrected chi connectivity index (χ4v) is 1.92. The number of hydrogen-bond acceptors (Lipinski definition) is 3. The van der Waals surface area contributed by atoms with Gasteiger partial charge in [-0.25, -0.2) is 18.7 Å². The quantitative estimate of drug-likeness (QED) is 0.863. The van der Waals surface area contributed by atoms with Gasteiger partial charge in [0.2, 0.25) is 0 Å². The summed E-state index contributed by atoms with van der Waals surface area (Å²) >= 11 is 0. The van der Waals surface area contributed by atoms with E-state index in [-0.39, 0.29) is 5.41 Å². The Kier molecular flexibility index (Phi) is 4.21. The fourth-order valence-electron chi connectivity index (χ4n) is 1.92. The van der Waals surface area contributed by atoms with Crippen LogP contribution in [-0.2, 0) is 12.0 Å². The third-order valence-corrected chi connectivity index (χ3v) is 3.11. The van der Waals surface area contributed by atoms with Crippen LogP contribution >= 0.6 is 0 Å². The van der Waals surface area contributed by atoms with E-state index in [2.05, 4.69) is 9.97 Å². The number of halogens is 2. The SMILES string of the molecule is CN(Cc1ccc(F)c(F)c1)c1ccnc(C(C)(C)C)n1. The van der Waals surface area contributed by atoms with Gasteiger partial charge in [0, 0.05) is 25.2 Å². The second-order valence-corrected chi connectivity index (χ2v) is 6.09. The van der Waals surface area contributed by atoms with Crippen LogP contribution in [0.3, 0.4) is 0 Å². The van der Waals surface area contributed by atoms with Gasteiger partial charge in [-0.15, -0.1) is 0 Å². The van der Waals surface area contributed by atoms with Crippen LogP contribution in [0, 0.1) is 11.6 Å². The molecular weight excluding hydrogens is 272 g/mol. The van der Waals surface area contributed by atoms with Crippen molar-refractivity contribution in [3.8, 4) is 0 Å². The Labute approximate surface area is 123 Å². The Hall–Kier alpha value is -2.04. The summed E-state index contributed by atoms with van der Waals surface area (Å²) in [5.41, 5.74) is 0.547. The number of anilines is 1. The van der Waals surface area contributed by atoms with Crippen molar-refractivity contribution in [2.24, 2.45) is 0 Å². The van der Waals surface area contributed by atoms with Gasteiger partial charge in [-0.05, 0) is 23.8 Å². The van der Waals surface area contributed by atoms with Crippen molar-refractivity contribution in [2.75, 3.05) is 11.9 Å². The normalized spacial score (nSPS) is 11.5. The molecule has 0 saturated carbocycles. The molecule has 1 heterocycles. The van der Waals surface area contributed by atoms with Crippen molar-refractivity contribution in [2.45, 2.75) is 32.7 Å². The summed E-state index contributed by atoms with van der Waals surface area (Å²) in [7, 11) is 1.86. The van der Waals surface area contributed by atoms with Crippen LogP contribution in [0.1, 0.15) is 32.2 Å². The van der Waals surface area contributed by atoms with Crippen LogP contribution in [0.5, 0.6) is 0 Å². The van der Waals surface area contributed by atoms with Gasteiger partial charge in [-0.3, -0.25) is 0 Å². The summed E-state index contributed by atoms with van der Waals surface area (Å²) in [4.78, 5) is 10.7. The predicted octanol–water partition coefficient (Wildman–Crippen LogP) is 3.69. The lowest BCUT2D eigenvalue weighted by Gasteiger charge is -2.22. The molecule has 0 fully saturated rings. The Balaban J connectivity index is 2.20. The minimum absolute atomic E-state index is 0.140. The van der Waals surface area contributed by atoms with Crippen LogP contribution < -0.4 is 4.90 Å². The molecule has 5 heteroatoms. The van der Waals surface area contributed by atoms with Crippen molar-refractivity contribution >= 4 is 5.82 Å². The van der Waals surface area contributed by atoms with Gasteiger partial charge < -0.3 is 4.90 Å². The summed E-state index contributed by atoms with van der Waals surface area (Å²) in [6, 6.07) is 5.71. The summed E-state index contributed by atoms with van der Waals surface area (Å²) in [5, 5.41) is 0. The molecule has 0 aliphatic carbocycles. The summed E-state index contributed by atoms with van der Waals surface area (Å²) in [6.07, 6.45) is 1.71. The molecule has 0 bridgehead atoms. The first-order valence-corrected chi connectivity index (χ1v) is 6.76. The van der Waals surface area contributed by atoms with Crippen molar-refractivity contribution in [3.63, 3.8) is 0 Å². The molecule has 0 atom stereocenters. The van der Waals surface area contributed by atoms with E-state index in [1.54, 1.807) is 18.3 Å². The van der Waals surface area contributed by atoms with Crippen LogP contribution in [0.25, 0.3) is 0 Å². The molecule has 2 rings (SSSR count). The zero-order valence-corrected chi connectivity index (χ0v) is 12.7. The Morgan fingerprint density at radius 2 is 1.81 bits per heavy atom. The molecule has 0 unspecified atom stereocenters. The molecule has 2 aromatic rings. The zero-order chi connectivity index (χ0) is 15.6. The number of nitrogens with zero attached hydrogens (tertiary/aromatic N) is 3. The number of aromatic nitrogens is 2. The highest BCUT2D eigenvalue weighted by molar-refractivity contribution is 5.38. The molecule has 0 saturated heterocycles. The van der Waals surface area contributed by atoms with Crippen LogP contribution in [-0.4, -0.2) is 17.0 Å². The first-order valence-electron chi connectivity index (χ1n) is 6.76. The van der Waals surface area contributed by atoms with E-state index in [1.165, 1.54) is 6.07 Å². The molecule has 21 heavy (non-hydrogen) atoms. The lowest BCUT2D eigenvalue weighted by atomic mass is 9.96.